The Morgan fingerprint density at radius 1 is 1.53 bits per heavy atom. The molecule has 1 aliphatic rings. The summed E-state index contributed by atoms with van der Waals surface area (Å²) >= 11 is 0. The van der Waals surface area contributed by atoms with E-state index in [2.05, 4.69) is 22.4 Å². The number of hydrogen-bond acceptors (Lipinski definition) is 4. The van der Waals surface area contributed by atoms with Crippen molar-refractivity contribution in [3.05, 3.63) is 11.6 Å². The maximum Gasteiger partial charge on any atom is 0.146 e. The maximum atomic E-state index is 5.38. The molecule has 5 heteroatoms. The van der Waals surface area contributed by atoms with Crippen molar-refractivity contribution in [2.75, 3.05) is 13.2 Å². The summed E-state index contributed by atoms with van der Waals surface area (Å²) in [6.07, 6.45) is 1.06. The highest BCUT2D eigenvalue weighted by molar-refractivity contribution is 4.95. The lowest BCUT2D eigenvalue weighted by Gasteiger charge is -2.23. The van der Waals surface area contributed by atoms with Gasteiger partial charge in [-0.1, -0.05) is 0 Å². The van der Waals surface area contributed by atoms with Crippen LogP contribution in [0.3, 0.4) is 0 Å². The predicted octanol–water partition coefficient (Wildman–Crippen LogP) is 0.392. The molecule has 1 atom stereocenters. The summed E-state index contributed by atoms with van der Waals surface area (Å²) in [5.74, 6) is 1.92. The summed E-state index contributed by atoms with van der Waals surface area (Å²) in [6, 6.07) is 0. The van der Waals surface area contributed by atoms with E-state index in [0.717, 1.165) is 37.8 Å². The summed E-state index contributed by atoms with van der Waals surface area (Å²) in [5, 5.41) is 11.6. The fraction of sp³-hybridized carbons (Fsp3) is 0.800. The summed E-state index contributed by atoms with van der Waals surface area (Å²) in [6.45, 7) is 6.52. The van der Waals surface area contributed by atoms with Gasteiger partial charge in [0, 0.05) is 19.2 Å². The molecule has 15 heavy (non-hydrogen) atoms. The molecule has 1 saturated heterocycles. The lowest BCUT2D eigenvalue weighted by Crippen LogP contribution is -2.42. The molecule has 1 fully saturated rings. The summed E-state index contributed by atoms with van der Waals surface area (Å²) in [4.78, 5) is 0. The van der Waals surface area contributed by atoms with Gasteiger partial charge in [0.1, 0.15) is 11.6 Å². The minimum absolute atomic E-state index is 0.0971. The molecule has 1 N–H and O–H groups in total. The van der Waals surface area contributed by atoms with Crippen molar-refractivity contribution in [1.82, 2.24) is 20.1 Å². The first-order valence-electron chi connectivity index (χ1n) is 5.28. The molecule has 0 saturated carbocycles. The van der Waals surface area contributed by atoms with Crippen molar-refractivity contribution in [3.8, 4) is 0 Å². The number of ether oxygens (including phenoxy) is 1. The Balaban J connectivity index is 1.95. The van der Waals surface area contributed by atoms with Gasteiger partial charge in [-0.25, -0.2) is 0 Å². The van der Waals surface area contributed by atoms with Crippen molar-refractivity contribution in [2.24, 2.45) is 7.05 Å². The van der Waals surface area contributed by atoms with Crippen molar-refractivity contribution in [3.63, 3.8) is 0 Å². The van der Waals surface area contributed by atoms with Gasteiger partial charge in [0.05, 0.1) is 13.2 Å². The second kappa shape index (κ2) is 3.90. The van der Waals surface area contributed by atoms with Gasteiger partial charge in [0.15, 0.2) is 0 Å². The number of hydrogen-bond donors (Lipinski definition) is 1. The van der Waals surface area contributed by atoms with Gasteiger partial charge in [-0.3, -0.25) is 0 Å². The zero-order chi connectivity index (χ0) is 10.9. The van der Waals surface area contributed by atoms with Crippen LogP contribution in [0, 0.1) is 6.92 Å². The van der Waals surface area contributed by atoms with Crippen LogP contribution < -0.4 is 5.32 Å². The lowest BCUT2D eigenvalue weighted by atomic mass is 10.0. The zero-order valence-corrected chi connectivity index (χ0v) is 9.58. The molecule has 0 aromatic carbocycles. The fourth-order valence-electron chi connectivity index (χ4n) is 1.70. The second-order valence-corrected chi connectivity index (χ2v) is 4.44. The van der Waals surface area contributed by atoms with Crippen LogP contribution in [0.2, 0.25) is 0 Å². The van der Waals surface area contributed by atoms with Crippen LogP contribution in [0.4, 0.5) is 0 Å². The molecular weight excluding hydrogens is 192 g/mol. The molecule has 1 unspecified atom stereocenters. The predicted molar refractivity (Wildman–Crippen MR) is 56.4 cm³/mol. The average Bonchev–Trinajstić information content (AvgIpc) is 2.75. The van der Waals surface area contributed by atoms with Crippen molar-refractivity contribution in [2.45, 2.75) is 32.4 Å². The molecule has 1 aromatic heterocycles. The SMILES string of the molecule is Cc1nnc(CNC2(C)CCOC2)n1C. The van der Waals surface area contributed by atoms with E-state index in [-0.39, 0.29) is 5.54 Å². The third-order valence-electron chi connectivity index (χ3n) is 3.07. The van der Waals surface area contributed by atoms with Gasteiger partial charge in [-0.05, 0) is 20.3 Å². The topological polar surface area (TPSA) is 52.0 Å². The van der Waals surface area contributed by atoms with Crippen LogP contribution in [0.25, 0.3) is 0 Å². The molecule has 0 bridgehead atoms. The van der Waals surface area contributed by atoms with E-state index in [9.17, 15) is 0 Å². The molecule has 2 rings (SSSR count). The fourth-order valence-corrected chi connectivity index (χ4v) is 1.70. The molecule has 0 radical (unpaired) electrons. The standard InChI is InChI=1S/C10H18N4O/c1-8-12-13-9(14(8)3)6-11-10(2)4-5-15-7-10/h11H,4-7H2,1-3H3. The molecule has 5 nitrogen and oxygen atoms in total. The monoisotopic (exact) mass is 210 g/mol. The van der Waals surface area contributed by atoms with E-state index in [1.165, 1.54) is 0 Å². The summed E-state index contributed by atoms with van der Waals surface area (Å²) in [7, 11) is 1.99. The third-order valence-corrected chi connectivity index (χ3v) is 3.07. The van der Waals surface area contributed by atoms with E-state index < -0.39 is 0 Å². The smallest absolute Gasteiger partial charge is 0.146 e. The highest BCUT2D eigenvalue weighted by Gasteiger charge is 2.29. The van der Waals surface area contributed by atoms with Crippen LogP contribution >= 0.6 is 0 Å². The summed E-state index contributed by atoms with van der Waals surface area (Å²) < 4.78 is 7.38. The number of aromatic nitrogens is 3. The Bertz CT molecular complexity index is 341. The molecule has 2 heterocycles. The second-order valence-electron chi connectivity index (χ2n) is 4.44. The normalized spacial score (nSPS) is 26.1. The maximum absolute atomic E-state index is 5.38. The Morgan fingerprint density at radius 2 is 2.33 bits per heavy atom. The number of rotatable bonds is 3. The molecule has 0 amide bonds. The first kappa shape index (κ1) is 10.6. The van der Waals surface area contributed by atoms with Crippen molar-refractivity contribution >= 4 is 0 Å². The Morgan fingerprint density at radius 3 is 2.87 bits per heavy atom. The van der Waals surface area contributed by atoms with Crippen LogP contribution in [-0.4, -0.2) is 33.5 Å². The molecule has 84 valence electrons. The Kier molecular flexibility index (Phi) is 2.75. The van der Waals surface area contributed by atoms with Gasteiger partial charge in [0.25, 0.3) is 0 Å². The van der Waals surface area contributed by atoms with E-state index >= 15 is 0 Å². The molecule has 0 spiro atoms. The van der Waals surface area contributed by atoms with Gasteiger partial charge in [-0.15, -0.1) is 10.2 Å². The van der Waals surface area contributed by atoms with E-state index in [1.54, 1.807) is 0 Å². The highest BCUT2D eigenvalue weighted by atomic mass is 16.5. The number of nitrogens with zero attached hydrogens (tertiary/aromatic N) is 3. The van der Waals surface area contributed by atoms with Crippen molar-refractivity contribution in [1.29, 1.82) is 0 Å². The van der Waals surface area contributed by atoms with Gasteiger partial charge >= 0.3 is 0 Å². The highest BCUT2D eigenvalue weighted by Crippen LogP contribution is 2.17. The quantitative estimate of drug-likeness (QED) is 0.784. The van der Waals surface area contributed by atoms with E-state index in [0.29, 0.717) is 0 Å². The minimum atomic E-state index is 0.0971. The Labute approximate surface area is 89.8 Å². The van der Waals surface area contributed by atoms with Gasteiger partial charge in [0.2, 0.25) is 0 Å². The van der Waals surface area contributed by atoms with Crippen molar-refractivity contribution < 1.29 is 4.74 Å². The van der Waals surface area contributed by atoms with E-state index in [4.69, 9.17) is 4.74 Å². The largest absolute Gasteiger partial charge is 0.379 e. The lowest BCUT2D eigenvalue weighted by molar-refractivity contribution is 0.171. The van der Waals surface area contributed by atoms with Crippen LogP contribution in [0.15, 0.2) is 0 Å². The first-order valence-corrected chi connectivity index (χ1v) is 5.28. The van der Waals surface area contributed by atoms with Crippen LogP contribution in [0.5, 0.6) is 0 Å². The zero-order valence-electron chi connectivity index (χ0n) is 9.58. The molecule has 1 aromatic rings. The minimum Gasteiger partial charge on any atom is -0.379 e. The third kappa shape index (κ3) is 2.18. The molecule has 1 aliphatic heterocycles. The molecule has 0 aliphatic carbocycles. The van der Waals surface area contributed by atoms with Gasteiger partial charge in [-0.2, -0.15) is 0 Å². The summed E-state index contributed by atoms with van der Waals surface area (Å²) in [5.41, 5.74) is 0.0971. The average molecular weight is 210 g/mol. The molecular formula is C10H18N4O. The van der Waals surface area contributed by atoms with E-state index in [1.807, 2.05) is 18.5 Å². The Hall–Kier alpha value is -0.940. The van der Waals surface area contributed by atoms with Crippen LogP contribution in [0.1, 0.15) is 25.0 Å². The van der Waals surface area contributed by atoms with Gasteiger partial charge < -0.3 is 14.6 Å². The van der Waals surface area contributed by atoms with Crippen LogP contribution in [-0.2, 0) is 18.3 Å². The number of aryl methyl sites for hydroxylation is 1. The number of nitrogens with one attached hydrogen (secondary N) is 1. The first-order chi connectivity index (χ1) is 7.11.